The molecule has 0 bridgehead atoms. The number of anilines is 15. The van der Waals surface area contributed by atoms with Gasteiger partial charge in [-0.25, -0.2) is 9.97 Å². The molecular formula is C84H71B2N7O. The summed E-state index contributed by atoms with van der Waals surface area (Å²) in [5.41, 5.74) is 24.0. The minimum Gasteiger partial charge on any atom is -0.458 e. The second-order valence-electron chi connectivity index (χ2n) is 29.2. The molecule has 0 amide bonds. The monoisotopic (exact) mass is 1220 g/mol. The van der Waals surface area contributed by atoms with Gasteiger partial charge in [0.2, 0.25) is 0 Å². The van der Waals surface area contributed by atoms with E-state index in [1.165, 1.54) is 38.6 Å². The van der Waals surface area contributed by atoms with E-state index in [-0.39, 0.29) is 35.1 Å². The molecule has 94 heavy (non-hydrogen) atoms. The van der Waals surface area contributed by atoms with E-state index in [0.717, 1.165) is 127 Å². The molecule has 0 atom stereocenters. The number of benzene rings is 10. The maximum absolute atomic E-state index is 7.81. The first-order chi connectivity index (χ1) is 45.6. The molecule has 2 aromatic heterocycles. The Morgan fingerprint density at radius 3 is 1.20 bits per heavy atom. The summed E-state index contributed by atoms with van der Waals surface area (Å²) >= 11 is 0. The van der Waals surface area contributed by atoms with E-state index in [0.29, 0.717) is 0 Å². The average Bonchev–Trinajstić information content (AvgIpc) is 0.866. The van der Waals surface area contributed by atoms with E-state index >= 15 is 0 Å². The molecule has 10 heteroatoms. The lowest BCUT2D eigenvalue weighted by molar-refractivity contribution is 0.402. The Morgan fingerprint density at radius 2 is 0.723 bits per heavy atom. The second-order valence-corrected chi connectivity index (χ2v) is 29.2. The predicted octanol–water partition coefficient (Wildman–Crippen LogP) is 17.8. The van der Waals surface area contributed by atoms with Crippen molar-refractivity contribution in [3.05, 3.63) is 283 Å². The van der Waals surface area contributed by atoms with Gasteiger partial charge in [-0.3, -0.25) is 19.6 Å². The Balaban J connectivity index is 0.912. The number of aromatic nitrogens is 2. The Bertz CT molecular complexity index is 4980. The van der Waals surface area contributed by atoms with Crippen LogP contribution in [0.15, 0.2) is 261 Å². The molecule has 2 aliphatic carbocycles. The molecular weight excluding hydrogens is 1140 g/mol. The van der Waals surface area contributed by atoms with Gasteiger partial charge in [0.05, 0.1) is 0 Å². The lowest BCUT2D eigenvalue weighted by atomic mass is 9.31. The van der Waals surface area contributed by atoms with Crippen molar-refractivity contribution in [2.75, 3.05) is 24.5 Å². The number of hydrogen-bond donors (Lipinski definition) is 0. The van der Waals surface area contributed by atoms with Crippen LogP contribution in [0.4, 0.5) is 85.8 Å². The van der Waals surface area contributed by atoms with Crippen LogP contribution in [-0.4, -0.2) is 23.4 Å². The highest BCUT2D eigenvalue weighted by atomic mass is 16.5. The van der Waals surface area contributed by atoms with Crippen molar-refractivity contribution in [2.24, 2.45) is 0 Å². The molecule has 0 fully saturated rings. The van der Waals surface area contributed by atoms with Gasteiger partial charge in [0.15, 0.2) is 0 Å². The number of nitrogens with zero attached hydrogens (tertiary/aromatic N) is 7. The van der Waals surface area contributed by atoms with E-state index in [4.69, 9.17) is 14.7 Å². The van der Waals surface area contributed by atoms with Gasteiger partial charge in [0.25, 0.3) is 13.4 Å². The quantitative estimate of drug-likeness (QED) is 0.133. The Morgan fingerprint density at radius 1 is 0.319 bits per heavy atom. The molecule has 0 unspecified atom stereocenters. The zero-order valence-corrected chi connectivity index (χ0v) is 54.4. The van der Waals surface area contributed by atoms with E-state index in [1.54, 1.807) is 0 Å². The van der Waals surface area contributed by atoms with Crippen LogP contribution in [0.3, 0.4) is 0 Å². The van der Waals surface area contributed by atoms with Gasteiger partial charge in [-0.05, 0) is 181 Å². The van der Waals surface area contributed by atoms with Crippen LogP contribution in [-0.2, 0) is 21.7 Å². The van der Waals surface area contributed by atoms with Gasteiger partial charge < -0.3 is 9.64 Å². The molecule has 4 aliphatic heterocycles. The highest BCUT2D eigenvalue weighted by Crippen LogP contribution is 2.55. The highest BCUT2D eigenvalue weighted by Gasteiger charge is 2.51. The van der Waals surface area contributed by atoms with Gasteiger partial charge in [-0.1, -0.05) is 201 Å². The summed E-state index contributed by atoms with van der Waals surface area (Å²) < 4.78 is 7.81. The minimum atomic E-state index is -0.258. The molecule has 18 rings (SSSR count). The summed E-state index contributed by atoms with van der Waals surface area (Å²) in [6.07, 6.45) is 2.13. The lowest BCUT2D eigenvalue weighted by Crippen LogP contribution is -2.64. The van der Waals surface area contributed by atoms with Crippen molar-refractivity contribution in [3.63, 3.8) is 0 Å². The van der Waals surface area contributed by atoms with Crippen LogP contribution in [0, 0.1) is 0 Å². The normalized spacial score (nSPS) is 16.3. The predicted molar refractivity (Wildman–Crippen MR) is 393 cm³/mol. The smallest absolute Gasteiger partial charge is 0.258 e. The molecule has 0 saturated carbocycles. The molecule has 8 nitrogen and oxygen atoms in total. The number of pyridine rings is 2. The van der Waals surface area contributed by atoms with Gasteiger partial charge in [-0.2, -0.15) is 0 Å². The van der Waals surface area contributed by atoms with Gasteiger partial charge in [-0.15, -0.1) is 0 Å². The molecule has 0 radical (unpaired) electrons. The largest absolute Gasteiger partial charge is 0.458 e. The van der Waals surface area contributed by atoms with Gasteiger partial charge >= 0.3 is 0 Å². The molecule has 0 N–H and O–H groups in total. The zero-order valence-electron chi connectivity index (χ0n) is 54.4. The standard InChI is InChI=1S/C84H71B2N7O/c1-81(2)52-83(5,6)63-46-59(42-44-61(63)81)92-69-40-26-24-38-65(69)85-67-48-68-73(49-71(67)91(58-36-22-13-23-37-58)72-50-75(87-79(92)77(72)85)89(54-28-14-9-15-29-54)55-30-16-10-17-31-55)94-74-51-76(90(56-32-18-11-19-33-56)57-34-20-12-21-35-57)88-80-78(74)86(68)66-39-25-27-41-70(66)93(80)60-43-45-62-64(47-60)84(7,8)53-82(62,3)4/h9-51H,52-53H2,1-8H3. The van der Waals surface area contributed by atoms with Crippen molar-refractivity contribution in [1.29, 1.82) is 0 Å². The van der Waals surface area contributed by atoms with Crippen LogP contribution in [0.1, 0.15) is 90.5 Å². The molecule has 0 saturated heterocycles. The third kappa shape index (κ3) is 8.47. The SMILES string of the molecule is CC1(C)CC(C)(C)c2cc(N3c4ccccc4B4c5cc6c(cc5Oc5cc(N(c7ccccc7)c7ccccc7)nc3c54)N(c3ccccc3)c3cc(N(c4ccccc4)c4ccccc4)nc4c3B6c3ccccc3N4c3ccc4c(c3)C(C)(C)CC4(C)C)ccc21. The van der Waals surface area contributed by atoms with Crippen LogP contribution in [0.25, 0.3) is 0 Å². The van der Waals surface area contributed by atoms with Gasteiger partial charge in [0.1, 0.15) is 34.8 Å². The third-order valence-electron chi connectivity index (χ3n) is 21.2. The Hall–Kier alpha value is -10.6. The van der Waals surface area contributed by atoms with Gasteiger partial charge in [0, 0.05) is 86.2 Å². The van der Waals surface area contributed by atoms with Crippen molar-refractivity contribution in [1.82, 2.24) is 9.97 Å². The summed E-state index contributed by atoms with van der Waals surface area (Å²) in [7, 11) is 0. The third-order valence-corrected chi connectivity index (χ3v) is 21.2. The van der Waals surface area contributed by atoms with Crippen LogP contribution < -0.4 is 62.0 Å². The van der Waals surface area contributed by atoms with E-state index in [1.807, 2.05) is 0 Å². The summed E-state index contributed by atoms with van der Waals surface area (Å²) in [6.45, 7) is 18.7. The Labute approximate surface area is 552 Å². The number of para-hydroxylation sites is 7. The molecule has 6 aliphatic rings. The highest BCUT2D eigenvalue weighted by molar-refractivity contribution is 7.02. The fraction of sp³-hybridized carbons (Fsp3) is 0.167. The fourth-order valence-electron chi connectivity index (χ4n) is 17.8. The first kappa shape index (κ1) is 56.2. The topological polar surface area (TPSA) is 51.2 Å². The molecule has 12 aromatic rings. The maximum Gasteiger partial charge on any atom is 0.258 e. The van der Waals surface area contributed by atoms with Crippen molar-refractivity contribution >= 4 is 132 Å². The summed E-state index contributed by atoms with van der Waals surface area (Å²) in [6, 6.07) is 95.5. The lowest BCUT2D eigenvalue weighted by Gasteiger charge is -2.45. The average molecular weight is 1220 g/mol. The summed E-state index contributed by atoms with van der Waals surface area (Å²) in [5, 5.41) is 0. The first-order valence-corrected chi connectivity index (χ1v) is 33.3. The molecule has 10 aromatic carbocycles. The maximum atomic E-state index is 7.81. The minimum absolute atomic E-state index is 0.0314. The first-order valence-electron chi connectivity index (χ1n) is 33.3. The molecule has 454 valence electrons. The Kier molecular flexibility index (Phi) is 12.2. The molecule has 0 spiro atoms. The van der Waals surface area contributed by atoms with Crippen molar-refractivity contribution in [2.45, 2.75) is 89.9 Å². The number of fused-ring (bicyclic) bond motifs is 10. The number of rotatable bonds is 9. The van der Waals surface area contributed by atoms with E-state index in [2.05, 4.69) is 341 Å². The van der Waals surface area contributed by atoms with Crippen LogP contribution in [0.5, 0.6) is 11.5 Å². The van der Waals surface area contributed by atoms with Crippen LogP contribution in [0.2, 0.25) is 0 Å². The fourth-order valence-corrected chi connectivity index (χ4v) is 17.8. The van der Waals surface area contributed by atoms with E-state index < -0.39 is 0 Å². The zero-order chi connectivity index (χ0) is 63.6. The van der Waals surface area contributed by atoms with Crippen LogP contribution >= 0.6 is 0 Å². The van der Waals surface area contributed by atoms with Crippen molar-refractivity contribution in [3.8, 4) is 11.5 Å². The second kappa shape index (κ2) is 20.5. The summed E-state index contributed by atoms with van der Waals surface area (Å²) in [5.74, 6) is 4.88. The summed E-state index contributed by atoms with van der Waals surface area (Å²) in [4.78, 5) is 24.1. The number of ether oxygens (including phenoxy) is 1. The van der Waals surface area contributed by atoms with Crippen molar-refractivity contribution < 1.29 is 4.74 Å². The van der Waals surface area contributed by atoms with E-state index in [9.17, 15) is 0 Å². The number of hydrogen-bond acceptors (Lipinski definition) is 8. The molecule has 6 heterocycles.